The minimum absolute atomic E-state index is 0.0585. The third-order valence-electron chi connectivity index (χ3n) is 3.12. The number of fused-ring (bicyclic) bond motifs is 1. The Morgan fingerprint density at radius 1 is 1.43 bits per heavy atom. The van der Waals surface area contributed by atoms with Gasteiger partial charge in [-0.15, -0.1) is 0 Å². The van der Waals surface area contributed by atoms with Gasteiger partial charge in [-0.05, 0) is 18.6 Å². The molecule has 0 bridgehead atoms. The lowest BCUT2D eigenvalue weighted by Gasteiger charge is -2.11. The molecular weight excluding hydrogens is 279 g/mol. The molecule has 1 aliphatic rings. The number of urea groups is 1. The van der Waals surface area contributed by atoms with Crippen molar-refractivity contribution in [1.29, 1.82) is 0 Å². The Balaban J connectivity index is 1.52. The zero-order chi connectivity index (χ0) is 14.8. The molecule has 2 N–H and O–H groups in total. The van der Waals surface area contributed by atoms with Crippen LogP contribution in [0.2, 0.25) is 0 Å². The van der Waals surface area contributed by atoms with Crippen LogP contribution in [0, 0.1) is 5.82 Å². The van der Waals surface area contributed by atoms with Crippen molar-refractivity contribution in [2.24, 2.45) is 0 Å². The Labute approximate surface area is 119 Å². The van der Waals surface area contributed by atoms with Crippen LogP contribution in [0.15, 0.2) is 22.6 Å². The molecule has 0 saturated carbocycles. The standard InChI is InChI=1S/C13H13FN4O3/c14-8-2-3-10-9(6-8)17-12(21-10)15-4-1-5-18-11(19)7-16-13(18)20/h2-3,6H,1,4-5,7H2,(H,15,17)(H,16,20). The highest BCUT2D eigenvalue weighted by atomic mass is 19.1. The fourth-order valence-electron chi connectivity index (χ4n) is 2.09. The van der Waals surface area contributed by atoms with Crippen molar-refractivity contribution in [3.05, 3.63) is 24.0 Å². The fraction of sp³-hybridized carbons (Fsp3) is 0.308. The van der Waals surface area contributed by atoms with E-state index in [0.29, 0.717) is 30.6 Å². The van der Waals surface area contributed by atoms with Crippen LogP contribution in [0.4, 0.5) is 15.2 Å². The molecule has 21 heavy (non-hydrogen) atoms. The molecule has 2 heterocycles. The Bertz CT molecular complexity index is 684. The molecule has 7 nitrogen and oxygen atoms in total. The monoisotopic (exact) mass is 292 g/mol. The van der Waals surface area contributed by atoms with Gasteiger partial charge in [0.25, 0.3) is 6.01 Å². The number of rotatable bonds is 5. The van der Waals surface area contributed by atoms with Gasteiger partial charge in [0.1, 0.15) is 11.3 Å². The van der Waals surface area contributed by atoms with E-state index in [0.717, 1.165) is 0 Å². The third-order valence-corrected chi connectivity index (χ3v) is 3.12. The van der Waals surface area contributed by atoms with E-state index in [1.54, 1.807) is 0 Å². The first-order chi connectivity index (χ1) is 10.1. The molecule has 1 fully saturated rings. The Morgan fingerprint density at radius 2 is 2.29 bits per heavy atom. The van der Waals surface area contributed by atoms with Crippen molar-refractivity contribution in [1.82, 2.24) is 15.2 Å². The normalized spacial score (nSPS) is 14.8. The average molecular weight is 292 g/mol. The van der Waals surface area contributed by atoms with Crippen LogP contribution in [0.5, 0.6) is 0 Å². The summed E-state index contributed by atoms with van der Waals surface area (Å²) in [6.07, 6.45) is 0.562. The number of benzene rings is 1. The molecule has 3 amide bonds. The van der Waals surface area contributed by atoms with E-state index in [1.165, 1.54) is 23.1 Å². The number of anilines is 1. The van der Waals surface area contributed by atoms with E-state index < -0.39 is 0 Å². The summed E-state index contributed by atoms with van der Waals surface area (Å²) in [5.41, 5.74) is 0.930. The van der Waals surface area contributed by atoms with Crippen LogP contribution in [0.1, 0.15) is 6.42 Å². The van der Waals surface area contributed by atoms with Gasteiger partial charge >= 0.3 is 6.03 Å². The van der Waals surface area contributed by atoms with E-state index in [1.807, 2.05) is 0 Å². The van der Waals surface area contributed by atoms with Crippen molar-refractivity contribution in [3.63, 3.8) is 0 Å². The summed E-state index contributed by atoms with van der Waals surface area (Å²) in [5.74, 6) is -0.599. The van der Waals surface area contributed by atoms with Crippen molar-refractivity contribution >= 4 is 29.1 Å². The molecular formula is C13H13FN4O3. The van der Waals surface area contributed by atoms with Crippen LogP contribution < -0.4 is 10.6 Å². The molecule has 1 aromatic carbocycles. The number of carbonyl (C=O) groups is 2. The first kappa shape index (κ1) is 13.3. The Hall–Kier alpha value is -2.64. The van der Waals surface area contributed by atoms with Crippen molar-refractivity contribution in [2.45, 2.75) is 6.42 Å². The third kappa shape index (κ3) is 2.78. The van der Waals surface area contributed by atoms with Gasteiger partial charge in [0.15, 0.2) is 5.58 Å². The van der Waals surface area contributed by atoms with Crippen LogP contribution in [-0.2, 0) is 4.79 Å². The van der Waals surface area contributed by atoms with Crippen LogP contribution in [0.3, 0.4) is 0 Å². The smallest absolute Gasteiger partial charge is 0.324 e. The van der Waals surface area contributed by atoms with Gasteiger partial charge in [-0.1, -0.05) is 0 Å². The number of hydrogen-bond donors (Lipinski definition) is 2. The molecule has 1 saturated heterocycles. The van der Waals surface area contributed by atoms with Gasteiger partial charge in [-0.3, -0.25) is 9.69 Å². The van der Waals surface area contributed by atoms with Gasteiger partial charge < -0.3 is 15.1 Å². The predicted octanol–water partition coefficient (Wildman–Crippen LogP) is 1.32. The number of hydrogen-bond acceptors (Lipinski definition) is 5. The minimum Gasteiger partial charge on any atom is -0.424 e. The van der Waals surface area contributed by atoms with Crippen LogP contribution in [-0.4, -0.2) is 41.5 Å². The molecule has 0 unspecified atom stereocenters. The van der Waals surface area contributed by atoms with Crippen LogP contribution in [0.25, 0.3) is 11.1 Å². The highest BCUT2D eigenvalue weighted by Gasteiger charge is 2.27. The lowest BCUT2D eigenvalue weighted by molar-refractivity contribution is -0.124. The number of amides is 3. The van der Waals surface area contributed by atoms with Gasteiger partial charge in [-0.25, -0.2) is 9.18 Å². The maximum Gasteiger partial charge on any atom is 0.324 e. The van der Waals surface area contributed by atoms with E-state index in [-0.39, 0.29) is 30.3 Å². The lowest BCUT2D eigenvalue weighted by Crippen LogP contribution is -2.32. The molecule has 3 rings (SSSR count). The topological polar surface area (TPSA) is 87.5 Å². The van der Waals surface area contributed by atoms with Crippen molar-refractivity contribution in [2.75, 3.05) is 25.0 Å². The van der Waals surface area contributed by atoms with Gasteiger partial charge in [0.2, 0.25) is 5.91 Å². The van der Waals surface area contributed by atoms with E-state index >= 15 is 0 Å². The summed E-state index contributed by atoms with van der Waals surface area (Å²) < 4.78 is 18.4. The number of oxazole rings is 1. The number of nitrogens with zero attached hydrogens (tertiary/aromatic N) is 2. The zero-order valence-electron chi connectivity index (χ0n) is 11.1. The molecule has 0 spiro atoms. The van der Waals surface area contributed by atoms with Crippen molar-refractivity contribution in [3.8, 4) is 0 Å². The molecule has 0 radical (unpaired) electrons. The lowest BCUT2D eigenvalue weighted by atomic mass is 10.3. The first-order valence-electron chi connectivity index (χ1n) is 6.51. The second kappa shape index (κ2) is 5.39. The second-order valence-electron chi connectivity index (χ2n) is 4.62. The number of carbonyl (C=O) groups excluding carboxylic acids is 2. The minimum atomic E-state index is -0.374. The Kier molecular flexibility index (Phi) is 3.43. The predicted molar refractivity (Wildman–Crippen MR) is 72.2 cm³/mol. The average Bonchev–Trinajstić information content (AvgIpc) is 2.99. The van der Waals surface area contributed by atoms with Crippen molar-refractivity contribution < 1.29 is 18.4 Å². The SMILES string of the molecule is O=C1CNC(=O)N1CCCNc1nc2cc(F)ccc2o1. The highest BCUT2D eigenvalue weighted by Crippen LogP contribution is 2.19. The molecule has 2 aromatic rings. The van der Waals surface area contributed by atoms with Gasteiger partial charge in [0, 0.05) is 19.2 Å². The maximum absolute atomic E-state index is 13.0. The molecule has 1 aliphatic heterocycles. The second-order valence-corrected chi connectivity index (χ2v) is 4.62. The number of halogens is 1. The molecule has 110 valence electrons. The highest BCUT2D eigenvalue weighted by molar-refractivity contribution is 6.01. The number of imide groups is 1. The van der Waals surface area contributed by atoms with Gasteiger partial charge in [-0.2, -0.15) is 4.98 Å². The molecule has 1 aromatic heterocycles. The summed E-state index contributed by atoms with van der Waals surface area (Å²) in [4.78, 5) is 27.9. The van der Waals surface area contributed by atoms with Gasteiger partial charge in [0.05, 0.1) is 6.54 Å². The Morgan fingerprint density at radius 3 is 3.05 bits per heavy atom. The van der Waals surface area contributed by atoms with Crippen LogP contribution >= 0.6 is 0 Å². The number of nitrogens with one attached hydrogen (secondary N) is 2. The summed E-state index contributed by atoms with van der Waals surface area (Å²) in [5, 5.41) is 5.39. The fourth-order valence-corrected chi connectivity index (χ4v) is 2.09. The van der Waals surface area contributed by atoms with E-state index in [9.17, 15) is 14.0 Å². The molecule has 8 heteroatoms. The summed E-state index contributed by atoms with van der Waals surface area (Å²) in [6.45, 7) is 0.863. The quantitative estimate of drug-likeness (QED) is 0.641. The molecule has 0 atom stereocenters. The maximum atomic E-state index is 13.0. The summed E-state index contributed by atoms with van der Waals surface area (Å²) >= 11 is 0. The number of aromatic nitrogens is 1. The molecule has 0 aliphatic carbocycles. The largest absolute Gasteiger partial charge is 0.424 e. The first-order valence-corrected chi connectivity index (χ1v) is 6.51. The summed E-state index contributed by atoms with van der Waals surface area (Å²) in [6, 6.07) is 4.02. The van der Waals surface area contributed by atoms with E-state index in [2.05, 4.69) is 15.6 Å². The van der Waals surface area contributed by atoms with E-state index in [4.69, 9.17) is 4.42 Å². The zero-order valence-corrected chi connectivity index (χ0v) is 11.1. The summed E-state index contributed by atoms with van der Waals surface area (Å²) in [7, 11) is 0.